The number of hydrogen-bond donors (Lipinski definition) is 1. The molecule has 0 saturated carbocycles. The van der Waals surface area contributed by atoms with E-state index < -0.39 is 0 Å². The monoisotopic (exact) mass is 398 g/mol. The summed E-state index contributed by atoms with van der Waals surface area (Å²) in [6.45, 7) is 0. The Morgan fingerprint density at radius 3 is 1.88 bits per heavy atom. The fourth-order valence-electron chi connectivity index (χ4n) is 3.80. The van der Waals surface area contributed by atoms with Crippen LogP contribution in [0.3, 0.4) is 0 Å². The van der Waals surface area contributed by atoms with E-state index in [9.17, 15) is 5.11 Å². The summed E-state index contributed by atoms with van der Waals surface area (Å²) in [5.41, 5.74) is 1.89. The Hall–Kier alpha value is -2.84. The minimum Gasteiger partial charge on any atom is -0.507 e. The fraction of sp³-hybridized carbons (Fsp3) is 0. The number of hydrogen-bond acceptors (Lipinski definition) is 1. The first-order valence-corrected chi connectivity index (χ1v) is 9.34. The number of phenols is 1. The van der Waals surface area contributed by atoms with Crippen molar-refractivity contribution in [2.75, 3.05) is 0 Å². The topological polar surface area (TPSA) is 20.2 Å². The molecule has 0 aromatic heterocycles. The molecular formula is C24H15BrO. The lowest BCUT2D eigenvalue weighted by atomic mass is 9.91. The lowest BCUT2D eigenvalue weighted by molar-refractivity contribution is 0.483. The summed E-state index contributed by atoms with van der Waals surface area (Å²) in [5, 5.41) is 17.6. The number of rotatable bonds is 1. The summed E-state index contributed by atoms with van der Waals surface area (Å²) in [5.74, 6) is 0.323. The van der Waals surface area contributed by atoms with E-state index in [1.807, 2.05) is 36.4 Å². The van der Waals surface area contributed by atoms with Crippen molar-refractivity contribution in [3.8, 4) is 16.9 Å². The minimum absolute atomic E-state index is 0.323. The Balaban J connectivity index is 1.96. The highest BCUT2D eigenvalue weighted by Crippen LogP contribution is 2.43. The van der Waals surface area contributed by atoms with Gasteiger partial charge in [-0.1, -0.05) is 88.7 Å². The van der Waals surface area contributed by atoms with Crippen LogP contribution in [0.5, 0.6) is 5.75 Å². The average Bonchev–Trinajstić information content (AvgIpc) is 2.70. The van der Waals surface area contributed by atoms with Crippen LogP contribution in [0.25, 0.3) is 43.4 Å². The van der Waals surface area contributed by atoms with Gasteiger partial charge in [-0.05, 0) is 44.6 Å². The number of aromatic hydroxyl groups is 1. The van der Waals surface area contributed by atoms with Gasteiger partial charge in [-0.15, -0.1) is 0 Å². The molecule has 0 heterocycles. The van der Waals surface area contributed by atoms with Crippen molar-refractivity contribution in [2.45, 2.75) is 0 Å². The average molecular weight is 399 g/mol. The number of benzene rings is 5. The molecule has 124 valence electrons. The molecule has 0 radical (unpaired) electrons. The molecule has 5 aromatic rings. The van der Waals surface area contributed by atoms with Crippen LogP contribution >= 0.6 is 15.9 Å². The van der Waals surface area contributed by atoms with E-state index in [1.54, 1.807) is 0 Å². The highest BCUT2D eigenvalue weighted by atomic mass is 79.9. The SMILES string of the molecule is Oc1c(-c2cc3ccccc3c3ccccc23)cc(Br)c2ccccc12. The van der Waals surface area contributed by atoms with Gasteiger partial charge in [-0.25, -0.2) is 0 Å². The lowest BCUT2D eigenvalue weighted by Gasteiger charge is -2.14. The van der Waals surface area contributed by atoms with Gasteiger partial charge in [0.15, 0.2) is 0 Å². The molecule has 5 aromatic carbocycles. The zero-order valence-electron chi connectivity index (χ0n) is 13.9. The predicted molar refractivity (Wildman–Crippen MR) is 114 cm³/mol. The molecule has 26 heavy (non-hydrogen) atoms. The third kappa shape index (κ3) is 2.23. The van der Waals surface area contributed by atoms with Crippen LogP contribution in [0.1, 0.15) is 0 Å². The zero-order valence-corrected chi connectivity index (χ0v) is 15.5. The second-order valence-electron chi connectivity index (χ2n) is 6.49. The van der Waals surface area contributed by atoms with Crippen molar-refractivity contribution in [3.05, 3.63) is 89.4 Å². The first kappa shape index (κ1) is 15.4. The molecule has 2 heteroatoms. The molecule has 5 rings (SSSR count). The molecule has 0 aliphatic heterocycles. The summed E-state index contributed by atoms with van der Waals surface area (Å²) in [7, 11) is 0. The maximum atomic E-state index is 11.0. The molecule has 1 N–H and O–H groups in total. The van der Waals surface area contributed by atoms with Gasteiger partial charge in [0.2, 0.25) is 0 Å². The molecule has 0 saturated heterocycles. The van der Waals surface area contributed by atoms with Crippen LogP contribution in [-0.2, 0) is 0 Å². The second-order valence-corrected chi connectivity index (χ2v) is 7.35. The van der Waals surface area contributed by atoms with Crippen LogP contribution in [0.4, 0.5) is 0 Å². The minimum atomic E-state index is 0.323. The molecule has 0 bridgehead atoms. The van der Waals surface area contributed by atoms with Crippen LogP contribution in [0.2, 0.25) is 0 Å². The largest absolute Gasteiger partial charge is 0.507 e. The van der Waals surface area contributed by atoms with Gasteiger partial charge >= 0.3 is 0 Å². The summed E-state index contributed by atoms with van der Waals surface area (Å²) in [6.07, 6.45) is 0. The summed E-state index contributed by atoms with van der Waals surface area (Å²) >= 11 is 3.68. The van der Waals surface area contributed by atoms with Crippen molar-refractivity contribution in [3.63, 3.8) is 0 Å². The van der Waals surface area contributed by atoms with E-state index in [-0.39, 0.29) is 0 Å². The van der Waals surface area contributed by atoms with Crippen LogP contribution in [0, 0.1) is 0 Å². The van der Waals surface area contributed by atoms with Gasteiger partial charge in [0, 0.05) is 15.4 Å². The van der Waals surface area contributed by atoms with E-state index in [4.69, 9.17) is 0 Å². The Kier molecular flexibility index (Phi) is 3.47. The molecule has 0 fully saturated rings. The first-order valence-electron chi connectivity index (χ1n) is 8.55. The van der Waals surface area contributed by atoms with Crippen LogP contribution < -0.4 is 0 Å². The summed E-state index contributed by atoms with van der Waals surface area (Å²) < 4.78 is 0.984. The van der Waals surface area contributed by atoms with Crippen molar-refractivity contribution < 1.29 is 5.11 Å². The van der Waals surface area contributed by atoms with Crippen molar-refractivity contribution in [1.82, 2.24) is 0 Å². The van der Waals surface area contributed by atoms with Gasteiger partial charge in [-0.2, -0.15) is 0 Å². The van der Waals surface area contributed by atoms with Gasteiger partial charge in [0.1, 0.15) is 5.75 Å². The van der Waals surface area contributed by atoms with Crippen molar-refractivity contribution in [2.24, 2.45) is 0 Å². The van der Waals surface area contributed by atoms with Crippen molar-refractivity contribution >= 4 is 48.2 Å². The van der Waals surface area contributed by atoms with E-state index in [0.717, 1.165) is 31.8 Å². The maximum Gasteiger partial charge on any atom is 0.131 e. The van der Waals surface area contributed by atoms with E-state index in [2.05, 4.69) is 64.5 Å². The van der Waals surface area contributed by atoms with Gasteiger partial charge in [-0.3, -0.25) is 0 Å². The molecule has 0 amide bonds. The fourth-order valence-corrected chi connectivity index (χ4v) is 4.37. The molecular weight excluding hydrogens is 384 g/mol. The smallest absolute Gasteiger partial charge is 0.131 e. The Bertz CT molecular complexity index is 1300. The quantitative estimate of drug-likeness (QED) is 0.294. The van der Waals surface area contributed by atoms with Crippen molar-refractivity contribution in [1.29, 1.82) is 0 Å². The van der Waals surface area contributed by atoms with Crippen LogP contribution in [0.15, 0.2) is 89.4 Å². The Morgan fingerprint density at radius 1 is 0.538 bits per heavy atom. The summed E-state index contributed by atoms with van der Waals surface area (Å²) in [6, 6.07) is 28.9. The Labute approximate surface area is 159 Å². The third-order valence-corrected chi connectivity index (χ3v) is 5.68. The number of halogens is 1. The summed E-state index contributed by atoms with van der Waals surface area (Å²) in [4.78, 5) is 0. The number of fused-ring (bicyclic) bond motifs is 4. The van der Waals surface area contributed by atoms with E-state index >= 15 is 0 Å². The zero-order chi connectivity index (χ0) is 17.7. The van der Waals surface area contributed by atoms with Gasteiger partial charge in [0.05, 0.1) is 0 Å². The highest BCUT2D eigenvalue weighted by molar-refractivity contribution is 9.10. The standard InChI is InChI=1S/C24H15BrO/c25-23-14-22(24(26)20-12-6-5-11-19(20)23)21-13-15-7-1-2-8-16(15)17-9-3-4-10-18(17)21/h1-14,26H. The van der Waals surface area contributed by atoms with Gasteiger partial charge < -0.3 is 5.11 Å². The van der Waals surface area contributed by atoms with E-state index in [1.165, 1.54) is 16.2 Å². The maximum absolute atomic E-state index is 11.0. The highest BCUT2D eigenvalue weighted by Gasteiger charge is 2.15. The Morgan fingerprint density at radius 2 is 1.12 bits per heavy atom. The second kappa shape index (κ2) is 5.86. The molecule has 0 unspecified atom stereocenters. The van der Waals surface area contributed by atoms with Crippen LogP contribution in [-0.4, -0.2) is 5.11 Å². The molecule has 0 spiro atoms. The predicted octanol–water partition coefficient (Wildman–Crippen LogP) is 7.28. The van der Waals surface area contributed by atoms with Gasteiger partial charge in [0.25, 0.3) is 0 Å². The lowest BCUT2D eigenvalue weighted by Crippen LogP contribution is -1.87. The normalized spacial score (nSPS) is 11.4. The molecule has 0 atom stereocenters. The third-order valence-electron chi connectivity index (χ3n) is 5.02. The first-order chi connectivity index (χ1) is 12.7. The number of phenolic OH excluding ortho intramolecular Hbond substituents is 1. The molecule has 1 nitrogen and oxygen atoms in total. The molecule has 0 aliphatic carbocycles. The van der Waals surface area contributed by atoms with E-state index in [0.29, 0.717) is 5.75 Å². The molecule has 0 aliphatic rings.